The van der Waals surface area contributed by atoms with Gasteiger partial charge in [0.2, 0.25) is 0 Å². The number of oxazole rings is 1. The normalized spacial score (nSPS) is 11.4. The maximum absolute atomic E-state index is 5.64. The van der Waals surface area contributed by atoms with E-state index in [2.05, 4.69) is 26.3 Å². The van der Waals surface area contributed by atoms with E-state index in [-0.39, 0.29) is 0 Å². The van der Waals surface area contributed by atoms with E-state index in [1.54, 1.807) is 11.8 Å². The largest absolute Gasteiger partial charge is 0.424 e. The summed E-state index contributed by atoms with van der Waals surface area (Å²) in [4.78, 5) is 12.3. The van der Waals surface area contributed by atoms with E-state index in [1.807, 2.05) is 42.5 Å². The predicted octanol–water partition coefficient (Wildman–Crippen LogP) is 5.08. The summed E-state index contributed by atoms with van der Waals surface area (Å²) in [5.74, 6) is 1.07. The van der Waals surface area contributed by atoms with E-state index in [1.165, 1.54) is 6.42 Å². The van der Waals surface area contributed by atoms with Crippen LogP contribution in [0.5, 0.6) is 0 Å². The quantitative estimate of drug-likeness (QED) is 0.342. The molecule has 2 heterocycles. The van der Waals surface area contributed by atoms with Crippen LogP contribution in [-0.4, -0.2) is 27.2 Å². The molecule has 0 amide bonds. The van der Waals surface area contributed by atoms with Gasteiger partial charge in [0.25, 0.3) is 6.01 Å². The first kappa shape index (κ1) is 16.0. The second-order valence-electron chi connectivity index (χ2n) is 5.88. The zero-order chi connectivity index (χ0) is 16.9. The molecule has 0 aliphatic carbocycles. The third-order valence-electron chi connectivity index (χ3n) is 4.00. The maximum Gasteiger partial charge on any atom is 0.295 e. The highest BCUT2D eigenvalue weighted by atomic mass is 32.2. The third kappa shape index (κ3) is 3.96. The van der Waals surface area contributed by atoms with Crippen LogP contribution in [0.1, 0.15) is 19.3 Å². The van der Waals surface area contributed by atoms with Crippen molar-refractivity contribution in [2.75, 3.05) is 17.6 Å². The minimum absolute atomic E-state index is 0.609. The fraction of sp³-hybridized carbons (Fsp3) is 0.263. The molecule has 4 aromatic rings. The Balaban J connectivity index is 1.15. The van der Waals surface area contributed by atoms with Gasteiger partial charge in [0.15, 0.2) is 10.7 Å². The van der Waals surface area contributed by atoms with Gasteiger partial charge >= 0.3 is 0 Å². The van der Waals surface area contributed by atoms with Crippen molar-refractivity contribution < 1.29 is 4.42 Å². The standard InChI is InChI=1S/C19H20N4OS/c1(6-12-20-18-21-16-10-4-5-11-17(16)24-18)7-13-25-19-22-14-8-2-3-9-15(14)23-19/h2-5,8-11H,1,6-7,12-13H2,(H,20,21)(H,22,23). The van der Waals surface area contributed by atoms with E-state index in [0.717, 1.165) is 52.4 Å². The lowest BCUT2D eigenvalue weighted by atomic mass is 10.2. The Hall–Kier alpha value is -2.47. The Kier molecular flexibility index (Phi) is 4.88. The molecule has 6 heteroatoms. The Morgan fingerprint density at radius 2 is 1.76 bits per heavy atom. The number of nitrogens with one attached hydrogen (secondary N) is 2. The molecule has 0 aliphatic heterocycles. The van der Waals surface area contributed by atoms with Crippen molar-refractivity contribution in [2.24, 2.45) is 0 Å². The SMILES string of the molecule is c1ccc2[nH]c(SCCCCCNc3nc4ccccc4o3)nc2c1. The van der Waals surface area contributed by atoms with Crippen LogP contribution < -0.4 is 5.32 Å². The van der Waals surface area contributed by atoms with Crippen molar-refractivity contribution in [3.8, 4) is 0 Å². The van der Waals surface area contributed by atoms with Crippen molar-refractivity contribution in [3.63, 3.8) is 0 Å². The molecule has 4 rings (SSSR count). The molecule has 5 nitrogen and oxygen atoms in total. The molecule has 0 radical (unpaired) electrons. The van der Waals surface area contributed by atoms with Gasteiger partial charge in [-0.2, -0.15) is 4.98 Å². The average Bonchev–Trinajstić information content (AvgIpc) is 3.23. The first-order chi connectivity index (χ1) is 12.4. The van der Waals surface area contributed by atoms with Gasteiger partial charge in [-0.15, -0.1) is 0 Å². The van der Waals surface area contributed by atoms with E-state index in [9.17, 15) is 0 Å². The molecule has 0 bridgehead atoms. The first-order valence-electron chi connectivity index (χ1n) is 8.55. The molecular formula is C19H20N4OS. The van der Waals surface area contributed by atoms with E-state index < -0.39 is 0 Å². The number of unbranched alkanes of at least 4 members (excludes halogenated alkanes) is 2. The molecule has 0 aliphatic rings. The zero-order valence-electron chi connectivity index (χ0n) is 13.9. The minimum Gasteiger partial charge on any atom is -0.424 e. The number of H-pyrrole nitrogens is 1. The highest BCUT2D eigenvalue weighted by molar-refractivity contribution is 7.99. The lowest BCUT2D eigenvalue weighted by Gasteiger charge is -2.01. The van der Waals surface area contributed by atoms with Gasteiger partial charge in [0.1, 0.15) is 5.52 Å². The van der Waals surface area contributed by atoms with Crippen molar-refractivity contribution in [3.05, 3.63) is 48.5 Å². The Labute approximate surface area is 150 Å². The predicted molar refractivity (Wildman–Crippen MR) is 103 cm³/mol. The lowest BCUT2D eigenvalue weighted by molar-refractivity contribution is 0.609. The Bertz CT molecular complexity index is 818. The number of para-hydroxylation sites is 4. The fourth-order valence-electron chi connectivity index (χ4n) is 2.71. The van der Waals surface area contributed by atoms with E-state index >= 15 is 0 Å². The number of hydrogen-bond acceptors (Lipinski definition) is 5. The van der Waals surface area contributed by atoms with E-state index in [4.69, 9.17) is 4.42 Å². The van der Waals surface area contributed by atoms with Crippen LogP contribution in [0.4, 0.5) is 6.01 Å². The third-order valence-corrected chi connectivity index (χ3v) is 4.96. The van der Waals surface area contributed by atoms with Gasteiger partial charge in [-0.3, -0.25) is 0 Å². The maximum atomic E-state index is 5.64. The molecule has 0 unspecified atom stereocenters. The molecule has 2 aromatic carbocycles. The monoisotopic (exact) mass is 352 g/mol. The van der Waals surface area contributed by atoms with Crippen LogP contribution in [0, 0.1) is 0 Å². The number of hydrogen-bond donors (Lipinski definition) is 2. The summed E-state index contributed by atoms with van der Waals surface area (Å²) in [7, 11) is 0. The summed E-state index contributed by atoms with van der Waals surface area (Å²) < 4.78 is 5.64. The van der Waals surface area contributed by atoms with Gasteiger partial charge in [-0.05, 0) is 37.1 Å². The number of aromatic nitrogens is 3. The topological polar surface area (TPSA) is 66.7 Å². The average molecular weight is 352 g/mol. The van der Waals surface area contributed by atoms with Crippen molar-refractivity contribution in [2.45, 2.75) is 24.4 Å². The highest BCUT2D eigenvalue weighted by Gasteiger charge is 2.04. The van der Waals surface area contributed by atoms with Crippen LogP contribution in [0.25, 0.3) is 22.1 Å². The van der Waals surface area contributed by atoms with Gasteiger partial charge in [-0.1, -0.05) is 42.4 Å². The van der Waals surface area contributed by atoms with Gasteiger partial charge in [0, 0.05) is 12.3 Å². The summed E-state index contributed by atoms with van der Waals surface area (Å²) in [6.07, 6.45) is 3.43. The van der Waals surface area contributed by atoms with Crippen molar-refractivity contribution in [1.82, 2.24) is 15.0 Å². The van der Waals surface area contributed by atoms with Gasteiger partial charge in [0.05, 0.1) is 11.0 Å². The number of fused-ring (bicyclic) bond motifs is 2. The van der Waals surface area contributed by atoms with Crippen LogP contribution >= 0.6 is 11.8 Å². The van der Waals surface area contributed by atoms with Crippen LogP contribution in [-0.2, 0) is 0 Å². The summed E-state index contributed by atoms with van der Waals surface area (Å²) in [5.41, 5.74) is 3.86. The minimum atomic E-state index is 0.609. The number of rotatable bonds is 8. The lowest BCUT2D eigenvalue weighted by Crippen LogP contribution is -2.01. The van der Waals surface area contributed by atoms with E-state index in [0.29, 0.717) is 6.01 Å². The number of benzene rings is 2. The first-order valence-corrected chi connectivity index (χ1v) is 9.54. The molecule has 0 fully saturated rings. The molecule has 128 valence electrons. The van der Waals surface area contributed by atoms with Gasteiger partial charge < -0.3 is 14.7 Å². The summed E-state index contributed by atoms with van der Waals surface area (Å²) in [6, 6.07) is 16.6. The molecule has 2 aromatic heterocycles. The molecule has 2 N–H and O–H groups in total. The van der Waals surface area contributed by atoms with Gasteiger partial charge in [-0.25, -0.2) is 4.98 Å². The fourth-order valence-corrected chi connectivity index (χ4v) is 3.60. The molecule has 25 heavy (non-hydrogen) atoms. The zero-order valence-corrected chi connectivity index (χ0v) is 14.7. The van der Waals surface area contributed by atoms with Crippen LogP contribution in [0.3, 0.4) is 0 Å². The number of imidazole rings is 1. The summed E-state index contributed by atoms with van der Waals surface area (Å²) in [6.45, 7) is 0.877. The van der Waals surface area contributed by atoms with Crippen molar-refractivity contribution >= 4 is 39.9 Å². The Morgan fingerprint density at radius 3 is 2.64 bits per heavy atom. The smallest absolute Gasteiger partial charge is 0.295 e. The summed E-state index contributed by atoms with van der Waals surface area (Å²) >= 11 is 1.79. The number of thioether (sulfide) groups is 1. The number of anilines is 1. The summed E-state index contributed by atoms with van der Waals surface area (Å²) in [5, 5.41) is 4.26. The Morgan fingerprint density at radius 1 is 0.920 bits per heavy atom. The molecule has 0 saturated carbocycles. The van der Waals surface area contributed by atoms with Crippen molar-refractivity contribution in [1.29, 1.82) is 0 Å². The second kappa shape index (κ2) is 7.61. The second-order valence-corrected chi connectivity index (χ2v) is 6.97. The van der Waals surface area contributed by atoms with Crippen LogP contribution in [0.15, 0.2) is 58.1 Å². The highest BCUT2D eigenvalue weighted by Crippen LogP contribution is 2.21. The molecule has 0 atom stereocenters. The number of aromatic amines is 1. The van der Waals surface area contributed by atoms with Crippen LogP contribution in [0.2, 0.25) is 0 Å². The molecule has 0 spiro atoms. The molecule has 0 saturated heterocycles. The number of nitrogens with zero attached hydrogens (tertiary/aromatic N) is 2. The molecular weight excluding hydrogens is 332 g/mol.